The second kappa shape index (κ2) is 5.34. The first-order chi connectivity index (χ1) is 9.49. The molecule has 0 radical (unpaired) electrons. The van der Waals surface area contributed by atoms with Crippen molar-refractivity contribution in [3.05, 3.63) is 34.4 Å². The highest BCUT2D eigenvalue weighted by atomic mass is 16.7. The van der Waals surface area contributed by atoms with Crippen molar-refractivity contribution in [1.82, 2.24) is 5.06 Å². The Balaban J connectivity index is 2.07. The summed E-state index contributed by atoms with van der Waals surface area (Å²) < 4.78 is 0. The Hall–Kier alpha value is -2.97. The molecule has 1 aromatic carbocycles. The topological polar surface area (TPSA) is 119 Å². The molecule has 1 fully saturated rings. The standard InChI is InChI=1S/C11H9N3O6/c15-9-5-6-10(16)13(9)20-11(17)12-7-3-1-2-4-8(7)14(18)19/h1-4H,5-6H2,(H,12,17). The molecule has 9 nitrogen and oxygen atoms in total. The minimum atomic E-state index is -1.15. The summed E-state index contributed by atoms with van der Waals surface area (Å²) in [4.78, 5) is 48.6. The number of hydroxylamine groups is 2. The zero-order valence-electron chi connectivity index (χ0n) is 10.1. The molecule has 0 atom stereocenters. The second-order valence-electron chi connectivity index (χ2n) is 3.86. The van der Waals surface area contributed by atoms with Gasteiger partial charge in [-0.15, -0.1) is 5.06 Å². The first kappa shape index (κ1) is 13.5. The van der Waals surface area contributed by atoms with E-state index in [1.54, 1.807) is 0 Å². The Labute approximate surface area is 112 Å². The second-order valence-corrected chi connectivity index (χ2v) is 3.86. The Morgan fingerprint density at radius 2 is 1.85 bits per heavy atom. The highest BCUT2D eigenvalue weighted by Gasteiger charge is 2.33. The summed E-state index contributed by atoms with van der Waals surface area (Å²) in [6.07, 6.45) is -1.21. The van der Waals surface area contributed by atoms with Crippen molar-refractivity contribution in [3.8, 4) is 0 Å². The predicted octanol–water partition coefficient (Wildman–Crippen LogP) is 1.21. The number of carbonyl (C=O) groups excluding carboxylic acids is 3. The lowest BCUT2D eigenvalue weighted by Crippen LogP contribution is -2.34. The van der Waals surface area contributed by atoms with Crippen LogP contribution in [0.15, 0.2) is 24.3 Å². The zero-order valence-corrected chi connectivity index (χ0v) is 10.1. The van der Waals surface area contributed by atoms with Gasteiger partial charge in [-0.3, -0.25) is 25.0 Å². The summed E-state index contributed by atoms with van der Waals surface area (Å²) >= 11 is 0. The first-order valence-corrected chi connectivity index (χ1v) is 5.57. The van der Waals surface area contributed by atoms with E-state index in [1.165, 1.54) is 24.3 Å². The van der Waals surface area contributed by atoms with Crippen LogP contribution in [-0.4, -0.2) is 27.9 Å². The zero-order chi connectivity index (χ0) is 14.7. The molecule has 1 aliphatic rings. The van der Waals surface area contributed by atoms with Crippen LogP contribution in [-0.2, 0) is 14.4 Å². The van der Waals surface area contributed by atoms with Crippen LogP contribution in [0.1, 0.15) is 12.8 Å². The molecule has 0 spiro atoms. The number of rotatable bonds is 3. The van der Waals surface area contributed by atoms with Gasteiger partial charge in [0, 0.05) is 18.9 Å². The van der Waals surface area contributed by atoms with Crippen LogP contribution < -0.4 is 5.32 Å². The summed E-state index contributed by atoms with van der Waals surface area (Å²) in [5.41, 5.74) is -0.426. The Morgan fingerprint density at radius 1 is 1.25 bits per heavy atom. The first-order valence-electron chi connectivity index (χ1n) is 5.57. The minimum Gasteiger partial charge on any atom is -0.311 e. The van der Waals surface area contributed by atoms with Crippen LogP contribution in [0.3, 0.4) is 0 Å². The molecule has 9 heteroatoms. The number of nitro benzene ring substituents is 1. The molecule has 1 aromatic rings. The van der Waals surface area contributed by atoms with E-state index in [0.717, 1.165) is 0 Å². The van der Waals surface area contributed by atoms with Crippen molar-refractivity contribution in [3.63, 3.8) is 0 Å². The van der Waals surface area contributed by atoms with Gasteiger partial charge < -0.3 is 4.84 Å². The fourth-order valence-electron chi connectivity index (χ4n) is 1.61. The lowest BCUT2D eigenvalue weighted by Gasteiger charge is -2.13. The van der Waals surface area contributed by atoms with Gasteiger partial charge in [0.25, 0.3) is 17.5 Å². The molecule has 3 amide bonds. The van der Waals surface area contributed by atoms with Crippen molar-refractivity contribution >= 4 is 29.3 Å². The van der Waals surface area contributed by atoms with E-state index in [2.05, 4.69) is 10.2 Å². The lowest BCUT2D eigenvalue weighted by atomic mass is 10.3. The van der Waals surface area contributed by atoms with Crippen LogP contribution in [0, 0.1) is 10.1 Å². The number of benzene rings is 1. The maximum atomic E-state index is 11.5. The van der Waals surface area contributed by atoms with E-state index in [9.17, 15) is 24.5 Å². The van der Waals surface area contributed by atoms with Crippen LogP contribution in [0.4, 0.5) is 16.2 Å². The number of imide groups is 1. The van der Waals surface area contributed by atoms with Gasteiger partial charge in [-0.1, -0.05) is 12.1 Å². The van der Waals surface area contributed by atoms with E-state index < -0.39 is 22.8 Å². The van der Waals surface area contributed by atoms with E-state index in [0.29, 0.717) is 5.06 Å². The number of nitro groups is 1. The number of nitrogens with one attached hydrogen (secondary N) is 1. The molecule has 0 saturated carbocycles. The molecule has 2 rings (SSSR count). The average molecular weight is 279 g/mol. The molecular formula is C11H9N3O6. The van der Waals surface area contributed by atoms with Gasteiger partial charge in [-0.05, 0) is 6.07 Å². The summed E-state index contributed by atoms with van der Waals surface area (Å²) in [5.74, 6) is -1.26. The molecule has 0 unspecified atom stereocenters. The highest BCUT2D eigenvalue weighted by molar-refractivity contribution is 6.02. The fraction of sp³-hybridized carbons (Fsp3) is 0.182. The largest absolute Gasteiger partial charge is 0.436 e. The van der Waals surface area contributed by atoms with Crippen LogP contribution in [0.25, 0.3) is 0 Å². The fourth-order valence-corrected chi connectivity index (χ4v) is 1.61. The van der Waals surface area contributed by atoms with Gasteiger partial charge in [-0.2, -0.15) is 0 Å². The highest BCUT2D eigenvalue weighted by Crippen LogP contribution is 2.23. The summed E-state index contributed by atoms with van der Waals surface area (Å²) in [6, 6.07) is 5.41. The van der Waals surface area contributed by atoms with Crippen molar-refractivity contribution in [1.29, 1.82) is 0 Å². The normalized spacial score (nSPS) is 14.3. The molecule has 104 valence electrons. The molecule has 0 bridgehead atoms. The van der Waals surface area contributed by atoms with E-state index in [1.807, 2.05) is 0 Å². The summed E-state index contributed by atoms with van der Waals surface area (Å²) in [6.45, 7) is 0. The number of hydrogen-bond acceptors (Lipinski definition) is 6. The van der Waals surface area contributed by atoms with Gasteiger partial charge in [-0.25, -0.2) is 4.79 Å². The summed E-state index contributed by atoms with van der Waals surface area (Å²) in [7, 11) is 0. The molecule has 1 N–H and O–H groups in total. The quantitative estimate of drug-likeness (QED) is 0.504. The van der Waals surface area contributed by atoms with Crippen molar-refractivity contribution < 1.29 is 24.1 Å². The molecule has 0 aromatic heterocycles. The third-order valence-corrected chi connectivity index (χ3v) is 2.52. The van der Waals surface area contributed by atoms with Crippen LogP contribution in [0.2, 0.25) is 0 Å². The van der Waals surface area contributed by atoms with Gasteiger partial charge in [0.15, 0.2) is 0 Å². The number of nitrogens with zero attached hydrogens (tertiary/aromatic N) is 2. The molecular weight excluding hydrogens is 270 g/mol. The number of hydrogen-bond donors (Lipinski definition) is 1. The number of amides is 3. The molecule has 0 aliphatic carbocycles. The number of para-hydroxylation sites is 2. The number of anilines is 1. The average Bonchev–Trinajstić information content (AvgIpc) is 2.71. The Morgan fingerprint density at radius 3 is 2.45 bits per heavy atom. The Kier molecular flexibility index (Phi) is 3.60. The SMILES string of the molecule is O=C(Nc1ccccc1[N+](=O)[O-])ON1C(=O)CCC1=O. The minimum absolute atomic E-state index is 0.0302. The van der Waals surface area contributed by atoms with Crippen molar-refractivity contribution in [2.45, 2.75) is 12.8 Å². The van der Waals surface area contributed by atoms with Gasteiger partial charge in [0.2, 0.25) is 0 Å². The third-order valence-electron chi connectivity index (χ3n) is 2.52. The van der Waals surface area contributed by atoms with Crippen LogP contribution >= 0.6 is 0 Å². The monoisotopic (exact) mass is 279 g/mol. The Bertz CT molecular complexity index is 584. The maximum absolute atomic E-state index is 11.5. The third kappa shape index (κ3) is 2.71. The van der Waals surface area contributed by atoms with Crippen LogP contribution in [0.5, 0.6) is 0 Å². The molecule has 1 saturated heterocycles. The van der Waals surface area contributed by atoms with E-state index in [4.69, 9.17) is 0 Å². The number of carbonyl (C=O) groups is 3. The lowest BCUT2D eigenvalue weighted by molar-refractivity contribution is -0.383. The predicted molar refractivity (Wildman–Crippen MR) is 64.3 cm³/mol. The van der Waals surface area contributed by atoms with Gasteiger partial charge >= 0.3 is 6.09 Å². The van der Waals surface area contributed by atoms with E-state index in [-0.39, 0.29) is 24.2 Å². The van der Waals surface area contributed by atoms with Gasteiger partial charge in [0.05, 0.1) is 4.92 Å². The molecule has 1 aliphatic heterocycles. The van der Waals surface area contributed by atoms with Crippen molar-refractivity contribution in [2.75, 3.05) is 5.32 Å². The molecule has 20 heavy (non-hydrogen) atoms. The van der Waals surface area contributed by atoms with Crippen molar-refractivity contribution in [2.24, 2.45) is 0 Å². The summed E-state index contributed by atoms with van der Waals surface area (Å²) in [5, 5.41) is 13.2. The van der Waals surface area contributed by atoms with E-state index >= 15 is 0 Å². The maximum Gasteiger partial charge on any atom is 0.436 e. The van der Waals surface area contributed by atoms with Gasteiger partial charge in [0.1, 0.15) is 5.69 Å². The smallest absolute Gasteiger partial charge is 0.311 e. The molecule has 1 heterocycles.